The predicted octanol–water partition coefficient (Wildman–Crippen LogP) is 2.03. The fourth-order valence-corrected chi connectivity index (χ4v) is 3.04. The van der Waals surface area contributed by atoms with Gasteiger partial charge in [-0.25, -0.2) is 8.42 Å². The molecule has 21 heavy (non-hydrogen) atoms. The standard InChI is InChI=1S/C10H10ClN3O6S/c11-21(19,20)7-5-8(13(15)16)10(9(6-7)14(17)18)12-3-1-2-4-12/h5-6H,1-4H2. The molecule has 0 aromatic heterocycles. The molecule has 0 aliphatic carbocycles. The Labute approximate surface area is 123 Å². The Morgan fingerprint density at radius 1 is 1.05 bits per heavy atom. The van der Waals surface area contributed by atoms with Crippen LogP contribution in [0.2, 0.25) is 0 Å². The maximum absolute atomic E-state index is 11.3. The van der Waals surface area contributed by atoms with Crippen LogP contribution in [0, 0.1) is 20.2 Å². The monoisotopic (exact) mass is 335 g/mol. The maximum Gasteiger partial charge on any atom is 0.301 e. The van der Waals surface area contributed by atoms with E-state index in [0.717, 1.165) is 25.0 Å². The number of nitro benzene ring substituents is 2. The highest BCUT2D eigenvalue weighted by molar-refractivity contribution is 8.13. The topological polar surface area (TPSA) is 124 Å². The van der Waals surface area contributed by atoms with Crippen molar-refractivity contribution in [1.29, 1.82) is 0 Å². The van der Waals surface area contributed by atoms with Crippen LogP contribution in [0.15, 0.2) is 17.0 Å². The summed E-state index contributed by atoms with van der Waals surface area (Å²) in [6.45, 7) is 0.878. The molecule has 0 saturated carbocycles. The van der Waals surface area contributed by atoms with E-state index in [2.05, 4.69) is 0 Å². The van der Waals surface area contributed by atoms with E-state index in [1.165, 1.54) is 4.90 Å². The third-order valence-electron chi connectivity index (χ3n) is 3.14. The van der Waals surface area contributed by atoms with Crippen LogP contribution in [-0.2, 0) is 9.05 Å². The number of hydrogen-bond donors (Lipinski definition) is 0. The molecule has 114 valence electrons. The van der Waals surface area contributed by atoms with Crippen LogP contribution < -0.4 is 4.90 Å². The minimum atomic E-state index is -4.31. The van der Waals surface area contributed by atoms with Crippen molar-refractivity contribution in [2.45, 2.75) is 17.7 Å². The van der Waals surface area contributed by atoms with Crippen molar-refractivity contribution in [2.75, 3.05) is 18.0 Å². The van der Waals surface area contributed by atoms with Crippen molar-refractivity contribution in [3.8, 4) is 0 Å². The van der Waals surface area contributed by atoms with E-state index in [4.69, 9.17) is 10.7 Å². The van der Waals surface area contributed by atoms with Crippen molar-refractivity contribution in [3.05, 3.63) is 32.4 Å². The van der Waals surface area contributed by atoms with Gasteiger partial charge in [-0.15, -0.1) is 0 Å². The highest BCUT2D eigenvalue weighted by Gasteiger charge is 2.34. The average Bonchev–Trinajstić information content (AvgIpc) is 2.89. The fourth-order valence-electron chi connectivity index (χ4n) is 2.26. The summed E-state index contributed by atoms with van der Waals surface area (Å²) in [6.07, 6.45) is 1.51. The molecule has 1 fully saturated rings. The Kier molecular flexibility index (Phi) is 4.01. The zero-order valence-corrected chi connectivity index (χ0v) is 12.1. The highest BCUT2D eigenvalue weighted by Crippen LogP contribution is 2.41. The van der Waals surface area contributed by atoms with Crippen LogP contribution in [0.1, 0.15) is 12.8 Å². The molecule has 0 atom stereocenters. The quantitative estimate of drug-likeness (QED) is 0.468. The number of hydrogen-bond acceptors (Lipinski definition) is 7. The first-order valence-corrected chi connectivity index (χ1v) is 8.19. The first-order chi connectivity index (χ1) is 9.71. The number of benzene rings is 1. The Morgan fingerprint density at radius 2 is 1.48 bits per heavy atom. The molecule has 0 radical (unpaired) electrons. The molecular formula is C10H10ClN3O6S. The third kappa shape index (κ3) is 3.05. The summed E-state index contributed by atoms with van der Waals surface area (Å²) < 4.78 is 22.6. The summed E-state index contributed by atoms with van der Waals surface area (Å²) in [4.78, 5) is 21.5. The molecule has 1 aromatic rings. The summed E-state index contributed by atoms with van der Waals surface area (Å²) in [5.74, 6) is 0. The summed E-state index contributed by atoms with van der Waals surface area (Å²) in [6, 6.07) is 1.51. The van der Waals surface area contributed by atoms with Crippen LogP contribution in [0.5, 0.6) is 0 Å². The van der Waals surface area contributed by atoms with Gasteiger partial charge in [-0.3, -0.25) is 20.2 Å². The molecule has 0 spiro atoms. The van der Waals surface area contributed by atoms with Crippen molar-refractivity contribution in [3.63, 3.8) is 0 Å². The number of nitrogens with zero attached hydrogens (tertiary/aromatic N) is 3. The lowest BCUT2D eigenvalue weighted by Crippen LogP contribution is -2.20. The van der Waals surface area contributed by atoms with Crippen LogP contribution in [0.3, 0.4) is 0 Å². The number of halogens is 1. The van der Waals surface area contributed by atoms with Gasteiger partial charge in [-0.2, -0.15) is 0 Å². The van der Waals surface area contributed by atoms with Crippen molar-refractivity contribution in [1.82, 2.24) is 0 Å². The Balaban J connectivity index is 2.77. The first-order valence-electron chi connectivity index (χ1n) is 5.88. The van der Waals surface area contributed by atoms with Gasteiger partial charge in [0.1, 0.15) is 0 Å². The number of nitro groups is 2. The normalized spacial score (nSPS) is 15.2. The van der Waals surface area contributed by atoms with Gasteiger partial charge >= 0.3 is 11.4 Å². The minimum Gasteiger partial charge on any atom is -0.360 e. The van der Waals surface area contributed by atoms with Gasteiger partial charge in [0.05, 0.1) is 14.7 Å². The lowest BCUT2D eigenvalue weighted by molar-refractivity contribution is -0.393. The largest absolute Gasteiger partial charge is 0.360 e. The lowest BCUT2D eigenvalue weighted by Gasteiger charge is -2.17. The van der Waals surface area contributed by atoms with Gasteiger partial charge in [-0.1, -0.05) is 0 Å². The predicted molar refractivity (Wildman–Crippen MR) is 74.2 cm³/mol. The second-order valence-electron chi connectivity index (χ2n) is 4.46. The van der Waals surface area contributed by atoms with Crippen LogP contribution in [-0.4, -0.2) is 31.4 Å². The van der Waals surface area contributed by atoms with Gasteiger partial charge < -0.3 is 4.90 Å². The lowest BCUT2D eigenvalue weighted by atomic mass is 10.2. The molecule has 1 heterocycles. The summed E-state index contributed by atoms with van der Waals surface area (Å²) in [5, 5.41) is 22.3. The van der Waals surface area contributed by atoms with Gasteiger partial charge in [0.15, 0.2) is 5.69 Å². The molecule has 0 bridgehead atoms. The van der Waals surface area contributed by atoms with Crippen molar-refractivity contribution < 1.29 is 18.3 Å². The molecule has 1 aliphatic rings. The first kappa shape index (κ1) is 15.4. The SMILES string of the molecule is O=[N+]([O-])c1cc(S(=O)(=O)Cl)cc([N+](=O)[O-])c1N1CCCC1. The number of rotatable bonds is 4. The van der Waals surface area contributed by atoms with E-state index in [1.54, 1.807) is 0 Å². The van der Waals surface area contributed by atoms with E-state index in [9.17, 15) is 28.6 Å². The maximum atomic E-state index is 11.3. The van der Waals surface area contributed by atoms with E-state index < -0.39 is 35.2 Å². The van der Waals surface area contributed by atoms with Gasteiger partial charge in [-0.05, 0) is 12.8 Å². The molecule has 1 aromatic carbocycles. The molecule has 1 aliphatic heterocycles. The summed E-state index contributed by atoms with van der Waals surface area (Å²) in [7, 11) is 0.827. The Bertz CT molecular complexity index is 678. The third-order valence-corrected chi connectivity index (χ3v) is 4.47. The molecular weight excluding hydrogens is 326 g/mol. The molecule has 0 amide bonds. The van der Waals surface area contributed by atoms with Crippen LogP contribution in [0.25, 0.3) is 0 Å². The van der Waals surface area contributed by atoms with E-state index >= 15 is 0 Å². The Hall–Kier alpha value is -1.94. The summed E-state index contributed by atoms with van der Waals surface area (Å²) in [5.41, 5.74) is -1.44. The molecule has 1 saturated heterocycles. The van der Waals surface area contributed by atoms with Gasteiger partial charge in [0.25, 0.3) is 9.05 Å². The van der Waals surface area contributed by atoms with E-state index in [-0.39, 0.29) is 5.69 Å². The minimum absolute atomic E-state index is 0.174. The zero-order valence-electron chi connectivity index (χ0n) is 10.6. The zero-order chi connectivity index (χ0) is 15.8. The second kappa shape index (κ2) is 5.45. The molecule has 11 heteroatoms. The van der Waals surface area contributed by atoms with Crippen LogP contribution in [0.4, 0.5) is 17.1 Å². The Morgan fingerprint density at radius 3 is 1.81 bits per heavy atom. The second-order valence-corrected chi connectivity index (χ2v) is 7.02. The van der Waals surface area contributed by atoms with E-state index in [1.807, 2.05) is 0 Å². The van der Waals surface area contributed by atoms with Crippen molar-refractivity contribution in [2.24, 2.45) is 0 Å². The van der Waals surface area contributed by atoms with Gasteiger partial charge in [0, 0.05) is 35.9 Å². The molecule has 0 unspecified atom stereocenters. The highest BCUT2D eigenvalue weighted by atomic mass is 35.7. The van der Waals surface area contributed by atoms with Gasteiger partial charge in [0.2, 0.25) is 0 Å². The fraction of sp³-hybridized carbons (Fsp3) is 0.400. The molecule has 0 N–H and O–H groups in total. The smallest absolute Gasteiger partial charge is 0.301 e. The molecule has 9 nitrogen and oxygen atoms in total. The molecule has 2 rings (SSSR count). The van der Waals surface area contributed by atoms with E-state index in [0.29, 0.717) is 13.1 Å². The average molecular weight is 336 g/mol. The van der Waals surface area contributed by atoms with Crippen LogP contribution >= 0.6 is 10.7 Å². The number of anilines is 1. The van der Waals surface area contributed by atoms with Crippen molar-refractivity contribution >= 4 is 36.8 Å². The summed E-state index contributed by atoms with van der Waals surface area (Å²) >= 11 is 0.